The van der Waals surface area contributed by atoms with Crippen molar-refractivity contribution in [3.63, 3.8) is 0 Å². The van der Waals surface area contributed by atoms with Crippen LogP contribution in [0.1, 0.15) is 62.5 Å². The van der Waals surface area contributed by atoms with Crippen LogP contribution in [0.4, 0.5) is 0 Å². The number of hydrogen-bond donors (Lipinski definition) is 6. The number of nitrogens with one attached hydrogen (secondary N) is 2. The molecule has 4 rings (SSSR count). The number of aliphatic imine (C=N–C) groups is 2. The number of carbonyl (C=O) groups is 4. The number of nitrogens with zero attached hydrogens (tertiary/aromatic N) is 4. The molecule has 51 heavy (non-hydrogen) atoms. The van der Waals surface area contributed by atoms with Gasteiger partial charge in [-0.2, -0.15) is 0 Å². The molecule has 2 aliphatic heterocycles. The Labute approximate surface area is 299 Å². The van der Waals surface area contributed by atoms with Gasteiger partial charge in [0.25, 0.3) is 0 Å². The van der Waals surface area contributed by atoms with E-state index < -0.39 is 12.1 Å². The fourth-order valence-electron chi connectivity index (χ4n) is 6.28. The lowest BCUT2D eigenvalue weighted by Gasteiger charge is -2.24. The molecule has 2 aromatic rings. The van der Waals surface area contributed by atoms with Gasteiger partial charge in [-0.25, -0.2) is 0 Å². The van der Waals surface area contributed by atoms with Crippen LogP contribution in [-0.2, 0) is 32.0 Å². The van der Waals surface area contributed by atoms with Crippen molar-refractivity contribution in [3.8, 4) is 11.5 Å². The Kier molecular flexibility index (Phi) is 14.9. The van der Waals surface area contributed by atoms with Gasteiger partial charge in [0.05, 0.1) is 0 Å². The summed E-state index contributed by atoms with van der Waals surface area (Å²) in [6.07, 6.45) is 5.87. The maximum absolute atomic E-state index is 13.0. The topological polar surface area (TPSA) is 237 Å². The highest BCUT2D eigenvalue weighted by Gasteiger charge is 2.34. The van der Waals surface area contributed by atoms with E-state index in [0.29, 0.717) is 102 Å². The van der Waals surface area contributed by atoms with Crippen molar-refractivity contribution in [2.75, 3.05) is 39.3 Å². The maximum Gasteiger partial charge on any atom is 0.242 e. The lowest BCUT2D eigenvalue weighted by molar-refractivity contribution is -0.138. The minimum absolute atomic E-state index is 0.0246. The number of ether oxygens (including phenoxy) is 1. The molecule has 0 bridgehead atoms. The molecule has 0 saturated carbocycles. The van der Waals surface area contributed by atoms with Crippen molar-refractivity contribution in [2.45, 2.75) is 76.3 Å². The molecule has 2 saturated heterocycles. The molecule has 2 heterocycles. The fourth-order valence-corrected chi connectivity index (χ4v) is 6.28. The van der Waals surface area contributed by atoms with Crippen molar-refractivity contribution in [2.24, 2.45) is 32.9 Å². The Balaban J connectivity index is 1.16. The van der Waals surface area contributed by atoms with Crippen LogP contribution in [0.2, 0.25) is 0 Å². The molecule has 4 amide bonds. The molecule has 2 aromatic carbocycles. The third kappa shape index (κ3) is 12.5. The lowest BCUT2D eigenvalue weighted by Crippen LogP contribution is -2.46. The third-order valence-electron chi connectivity index (χ3n) is 8.95. The van der Waals surface area contributed by atoms with Crippen molar-refractivity contribution in [1.82, 2.24) is 20.4 Å². The van der Waals surface area contributed by atoms with E-state index in [2.05, 4.69) is 20.6 Å². The Bertz CT molecular complexity index is 1410. The molecule has 0 radical (unpaired) electrons. The number of rotatable bonds is 18. The zero-order chi connectivity index (χ0) is 36.6. The predicted molar refractivity (Wildman–Crippen MR) is 196 cm³/mol. The Morgan fingerprint density at radius 3 is 1.41 bits per heavy atom. The number of benzene rings is 2. The summed E-state index contributed by atoms with van der Waals surface area (Å²) in [5.41, 5.74) is 23.3. The van der Waals surface area contributed by atoms with E-state index in [4.69, 9.17) is 27.7 Å². The molecule has 2 atom stereocenters. The molecule has 15 nitrogen and oxygen atoms in total. The van der Waals surface area contributed by atoms with Gasteiger partial charge in [-0.05, 0) is 86.8 Å². The van der Waals surface area contributed by atoms with Crippen molar-refractivity contribution < 1.29 is 23.9 Å². The molecular weight excluding hydrogens is 652 g/mol. The zero-order valence-corrected chi connectivity index (χ0v) is 29.2. The molecule has 10 N–H and O–H groups in total. The average molecular weight is 705 g/mol. The summed E-state index contributed by atoms with van der Waals surface area (Å²) in [6.45, 7) is 2.92. The van der Waals surface area contributed by atoms with Gasteiger partial charge in [0.15, 0.2) is 11.9 Å². The van der Waals surface area contributed by atoms with Gasteiger partial charge in [-0.3, -0.25) is 29.2 Å². The van der Waals surface area contributed by atoms with Crippen LogP contribution in [0.3, 0.4) is 0 Å². The van der Waals surface area contributed by atoms with E-state index in [9.17, 15) is 19.2 Å². The monoisotopic (exact) mass is 704 g/mol. The van der Waals surface area contributed by atoms with Crippen molar-refractivity contribution in [1.29, 1.82) is 0 Å². The van der Waals surface area contributed by atoms with E-state index in [-0.39, 0.29) is 35.5 Å². The minimum atomic E-state index is -0.446. The van der Waals surface area contributed by atoms with Crippen LogP contribution in [0, 0.1) is 0 Å². The first kappa shape index (κ1) is 38.5. The van der Waals surface area contributed by atoms with Crippen LogP contribution in [0.15, 0.2) is 58.5 Å². The molecule has 0 aromatic heterocycles. The van der Waals surface area contributed by atoms with Gasteiger partial charge < -0.3 is 48.1 Å². The Morgan fingerprint density at radius 2 is 1.04 bits per heavy atom. The summed E-state index contributed by atoms with van der Waals surface area (Å²) >= 11 is 0. The van der Waals surface area contributed by atoms with E-state index in [1.807, 2.05) is 48.5 Å². The normalized spacial score (nSPS) is 16.7. The SMILES string of the molecule is NC(N)=NCCCNC(=O)[C@@H]1CCCN1C(=O)CCc1ccc(Oc2ccc(CCC(=O)N3CCC[C@H]3C(=O)NCCCN=C(N)N)cc2)cc1. The summed E-state index contributed by atoms with van der Waals surface area (Å²) in [5, 5.41) is 5.78. The lowest BCUT2D eigenvalue weighted by atomic mass is 10.1. The first-order valence-electron chi connectivity index (χ1n) is 17.7. The van der Waals surface area contributed by atoms with Gasteiger partial charge in [-0.1, -0.05) is 24.3 Å². The smallest absolute Gasteiger partial charge is 0.242 e. The minimum Gasteiger partial charge on any atom is -0.457 e. The van der Waals surface area contributed by atoms with Gasteiger partial charge in [-0.15, -0.1) is 0 Å². The number of likely N-dealkylation sites (tertiary alicyclic amines) is 2. The third-order valence-corrected chi connectivity index (χ3v) is 8.95. The van der Waals surface area contributed by atoms with E-state index >= 15 is 0 Å². The molecule has 2 aliphatic rings. The molecule has 0 aliphatic carbocycles. The standard InChI is InChI=1S/C36H52N10O5/c37-35(38)43-21-3-19-41-33(49)29-5-1-23-45(29)31(47)17-11-25-7-13-27(14-8-25)51-28-15-9-26(10-16-28)12-18-32(48)46-24-2-6-30(46)34(50)42-20-4-22-44-36(39)40/h7-10,13-16,29-30H,1-6,11-12,17-24H2,(H,41,49)(H,42,50)(H4,37,38,43)(H4,39,40,44)/t29-,30-/m0/s1. The molecule has 15 heteroatoms. The number of carbonyl (C=O) groups excluding carboxylic acids is 4. The first-order valence-corrected chi connectivity index (χ1v) is 17.7. The molecule has 276 valence electrons. The molecule has 2 fully saturated rings. The summed E-state index contributed by atoms with van der Waals surface area (Å²) < 4.78 is 6.02. The van der Waals surface area contributed by atoms with E-state index in [1.165, 1.54) is 0 Å². The zero-order valence-electron chi connectivity index (χ0n) is 29.2. The summed E-state index contributed by atoms with van der Waals surface area (Å²) in [5.74, 6) is 1.03. The fraction of sp³-hybridized carbons (Fsp3) is 0.500. The molecule has 0 spiro atoms. The quantitative estimate of drug-likeness (QED) is 0.0733. The van der Waals surface area contributed by atoms with Crippen LogP contribution in [0.5, 0.6) is 11.5 Å². The first-order chi connectivity index (χ1) is 24.6. The Morgan fingerprint density at radius 1 is 0.647 bits per heavy atom. The second-order valence-corrected chi connectivity index (χ2v) is 12.8. The largest absolute Gasteiger partial charge is 0.457 e. The second kappa shape index (κ2) is 19.7. The van der Waals surface area contributed by atoms with Crippen molar-refractivity contribution in [3.05, 3.63) is 59.7 Å². The number of guanidine groups is 2. The van der Waals surface area contributed by atoms with Gasteiger partial charge in [0, 0.05) is 52.1 Å². The van der Waals surface area contributed by atoms with Gasteiger partial charge in [0.2, 0.25) is 23.6 Å². The number of amides is 4. The van der Waals surface area contributed by atoms with Crippen molar-refractivity contribution >= 4 is 35.5 Å². The summed E-state index contributed by atoms with van der Waals surface area (Å²) in [4.78, 5) is 62.6. The van der Waals surface area contributed by atoms with Crippen LogP contribution < -0.4 is 38.3 Å². The predicted octanol–water partition coefficient (Wildman–Crippen LogP) is 0.886. The van der Waals surface area contributed by atoms with Gasteiger partial charge in [0.1, 0.15) is 23.6 Å². The molecular formula is C36H52N10O5. The number of hydrogen-bond acceptors (Lipinski definition) is 7. The highest BCUT2D eigenvalue weighted by molar-refractivity contribution is 5.89. The number of nitrogens with two attached hydrogens (primary N) is 4. The van der Waals surface area contributed by atoms with Crippen LogP contribution in [-0.4, -0.2) is 96.7 Å². The van der Waals surface area contributed by atoms with Crippen LogP contribution >= 0.6 is 0 Å². The van der Waals surface area contributed by atoms with E-state index in [1.54, 1.807) is 9.80 Å². The maximum atomic E-state index is 13.0. The summed E-state index contributed by atoms with van der Waals surface area (Å²) in [6, 6.07) is 14.3. The average Bonchev–Trinajstić information content (AvgIpc) is 3.81. The Hall–Kier alpha value is -5.34. The second-order valence-electron chi connectivity index (χ2n) is 12.8. The highest BCUT2D eigenvalue weighted by Crippen LogP contribution is 2.25. The highest BCUT2D eigenvalue weighted by atomic mass is 16.5. The van der Waals surface area contributed by atoms with Gasteiger partial charge >= 0.3 is 0 Å². The summed E-state index contributed by atoms with van der Waals surface area (Å²) in [7, 11) is 0. The number of aryl methyl sites for hydroxylation is 2. The van der Waals surface area contributed by atoms with E-state index in [0.717, 1.165) is 24.0 Å². The van der Waals surface area contributed by atoms with Crippen LogP contribution in [0.25, 0.3) is 0 Å². The molecule has 0 unspecified atom stereocenters.